The number of carboxylic acids is 1. The molecule has 5 heteroatoms. The lowest BCUT2D eigenvalue weighted by Crippen LogP contribution is -2.07. The summed E-state index contributed by atoms with van der Waals surface area (Å²) in [5, 5.41) is 19.0. The monoisotopic (exact) mass is 295 g/mol. The molecular weight excluding hydrogens is 282 g/mol. The first-order valence-electron chi connectivity index (χ1n) is 6.67. The van der Waals surface area contributed by atoms with Gasteiger partial charge in [-0.3, -0.25) is 4.79 Å². The molecule has 0 saturated carbocycles. The molecule has 0 bridgehead atoms. The van der Waals surface area contributed by atoms with E-state index < -0.39 is 5.97 Å². The number of fused-ring (bicyclic) bond motifs is 1. The highest BCUT2D eigenvalue weighted by Crippen LogP contribution is 2.30. The summed E-state index contributed by atoms with van der Waals surface area (Å²) in [5.41, 5.74) is 1.92. The molecule has 2 aromatic heterocycles. The number of hydrogen-bond donors (Lipinski definition) is 2. The van der Waals surface area contributed by atoms with E-state index in [0.717, 1.165) is 0 Å². The highest BCUT2D eigenvalue weighted by Gasteiger charge is 2.21. The molecule has 1 aromatic carbocycles. The Bertz CT molecular complexity index is 891. The summed E-state index contributed by atoms with van der Waals surface area (Å²) in [6, 6.07) is 11.0. The largest absolute Gasteiger partial charge is 0.505 e. The standard InChI is InChI=1S/C17H13NO4/c1-10-14(18-9-3-2-4-13(18)15(10)19)16(20)11-5-7-12(8-6-11)17(21)22/h2-9,19H,1H3,(H,21,22). The topological polar surface area (TPSA) is 79.0 Å². The maximum absolute atomic E-state index is 12.7. The average molecular weight is 295 g/mol. The molecule has 0 amide bonds. The Morgan fingerprint density at radius 1 is 1.00 bits per heavy atom. The quantitative estimate of drug-likeness (QED) is 0.728. The highest BCUT2D eigenvalue weighted by molar-refractivity contribution is 6.10. The molecule has 22 heavy (non-hydrogen) atoms. The first-order valence-corrected chi connectivity index (χ1v) is 6.67. The van der Waals surface area contributed by atoms with Crippen LogP contribution in [0.15, 0.2) is 48.7 Å². The minimum absolute atomic E-state index is 0.0751. The van der Waals surface area contributed by atoms with Crippen LogP contribution < -0.4 is 0 Å². The van der Waals surface area contributed by atoms with Gasteiger partial charge in [0.25, 0.3) is 0 Å². The van der Waals surface area contributed by atoms with Gasteiger partial charge in [0, 0.05) is 17.3 Å². The molecule has 0 aliphatic heterocycles. The zero-order chi connectivity index (χ0) is 15.9. The molecule has 0 fully saturated rings. The molecule has 2 heterocycles. The molecule has 0 aliphatic carbocycles. The lowest BCUT2D eigenvalue weighted by Gasteiger charge is -2.04. The summed E-state index contributed by atoms with van der Waals surface area (Å²) >= 11 is 0. The normalized spacial score (nSPS) is 10.8. The number of rotatable bonds is 3. The van der Waals surface area contributed by atoms with Crippen LogP contribution in [0.1, 0.15) is 32.0 Å². The zero-order valence-corrected chi connectivity index (χ0v) is 11.8. The predicted molar refractivity (Wildman–Crippen MR) is 80.6 cm³/mol. The van der Waals surface area contributed by atoms with E-state index in [4.69, 9.17) is 5.11 Å². The molecule has 0 saturated heterocycles. The SMILES string of the molecule is Cc1c(O)c2ccccn2c1C(=O)c1ccc(C(=O)O)cc1. The molecule has 0 aliphatic rings. The molecule has 0 unspecified atom stereocenters. The lowest BCUT2D eigenvalue weighted by molar-refractivity contribution is 0.0696. The number of aromatic nitrogens is 1. The van der Waals surface area contributed by atoms with Gasteiger partial charge in [-0.15, -0.1) is 0 Å². The number of carboxylic acid groups (broad SMARTS) is 1. The van der Waals surface area contributed by atoms with Crippen LogP contribution in [0.2, 0.25) is 0 Å². The van der Waals surface area contributed by atoms with Crippen LogP contribution in [0.4, 0.5) is 0 Å². The van der Waals surface area contributed by atoms with E-state index >= 15 is 0 Å². The van der Waals surface area contributed by atoms with Gasteiger partial charge in [0.15, 0.2) is 0 Å². The number of carbonyl (C=O) groups excluding carboxylic acids is 1. The van der Waals surface area contributed by atoms with Gasteiger partial charge in [0.2, 0.25) is 5.78 Å². The number of pyridine rings is 1. The van der Waals surface area contributed by atoms with E-state index in [9.17, 15) is 14.7 Å². The van der Waals surface area contributed by atoms with Crippen molar-refractivity contribution < 1.29 is 19.8 Å². The van der Waals surface area contributed by atoms with Crippen molar-refractivity contribution in [3.8, 4) is 5.75 Å². The summed E-state index contributed by atoms with van der Waals surface area (Å²) in [6.45, 7) is 1.68. The van der Waals surface area contributed by atoms with Crippen molar-refractivity contribution >= 4 is 17.3 Å². The van der Waals surface area contributed by atoms with Crippen LogP contribution in [0, 0.1) is 6.92 Å². The Morgan fingerprint density at radius 3 is 2.27 bits per heavy atom. The number of nitrogens with zero attached hydrogens (tertiary/aromatic N) is 1. The Morgan fingerprint density at radius 2 is 1.64 bits per heavy atom. The van der Waals surface area contributed by atoms with Crippen molar-refractivity contribution in [2.24, 2.45) is 0 Å². The molecule has 3 aromatic rings. The van der Waals surface area contributed by atoms with Crippen molar-refractivity contribution in [1.29, 1.82) is 0 Å². The van der Waals surface area contributed by atoms with Crippen molar-refractivity contribution in [1.82, 2.24) is 4.40 Å². The number of aromatic hydroxyl groups is 1. The van der Waals surface area contributed by atoms with Crippen molar-refractivity contribution in [3.63, 3.8) is 0 Å². The minimum atomic E-state index is -1.04. The van der Waals surface area contributed by atoms with Crippen LogP contribution >= 0.6 is 0 Å². The maximum atomic E-state index is 12.7. The first kappa shape index (κ1) is 13.9. The Balaban J connectivity index is 2.13. The first-order chi connectivity index (χ1) is 10.5. The van der Waals surface area contributed by atoms with Crippen LogP contribution in [-0.2, 0) is 0 Å². The average Bonchev–Trinajstić information content (AvgIpc) is 2.79. The third-order valence-corrected chi connectivity index (χ3v) is 3.66. The fourth-order valence-corrected chi connectivity index (χ4v) is 2.50. The fourth-order valence-electron chi connectivity index (χ4n) is 2.50. The summed E-state index contributed by atoms with van der Waals surface area (Å²) in [4.78, 5) is 23.6. The third-order valence-electron chi connectivity index (χ3n) is 3.66. The van der Waals surface area contributed by atoms with E-state index in [0.29, 0.717) is 22.3 Å². The van der Waals surface area contributed by atoms with E-state index in [1.807, 2.05) is 0 Å². The second-order valence-electron chi connectivity index (χ2n) is 4.99. The molecular formula is C17H13NO4. The van der Waals surface area contributed by atoms with Gasteiger partial charge in [-0.1, -0.05) is 18.2 Å². The zero-order valence-electron chi connectivity index (χ0n) is 11.8. The molecule has 0 radical (unpaired) electrons. The summed E-state index contributed by atoms with van der Waals surface area (Å²) < 4.78 is 1.64. The van der Waals surface area contributed by atoms with E-state index in [2.05, 4.69) is 0 Å². The van der Waals surface area contributed by atoms with Crippen LogP contribution in [-0.4, -0.2) is 26.4 Å². The molecule has 5 nitrogen and oxygen atoms in total. The van der Waals surface area contributed by atoms with Gasteiger partial charge in [-0.05, 0) is 31.2 Å². The van der Waals surface area contributed by atoms with Gasteiger partial charge in [0.1, 0.15) is 11.4 Å². The van der Waals surface area contributed by atoms with E-state index in [1.165, 1.54) is 24.3 Å². The fraction of sp³-hybridized carbons (Fsp3) is 0.0588. The Hall–Kier alpha value is -3.08. The molecule has 110 valence electrons. The second-order valence-corrected chi connectivity index (χ2v) is 4.99. The van der Waals surface area contributed by atoms with Crippen LogP contribution in [0.25, 0.3) is 5.52 Å². The number of benzene rings is 1. The van der Waals surface area contributed by atoms with Gasteiger partial charge in [0.05, 0.1) is 11.1 Å². The number of aromatic carboxylic acids is 1. The molecule has 0 spiro atoms. The second kappa shape index (κ2) is 5.04. The third kappa shape index (κ3) is 2.03. The Labute approximate surface area is 126 Å². The molecule has 2 N–H and O–H groups in total. The predicted octanol–water partition coefficient (Wildman–Crippen LogP) is 2.88. The minimum Gasteiger partial charge on any atom is -0.505 e. The van der Waals surface area contributed by atoms with Gasteiger partial charge in [-0.25, -0.2) is 4.79 Å². The summed E-state index contributed by atoms with van der Waals surface area (Å²) in [5.74, 6) is -1.23. The van der Waals surface area contributed by atoms with Crippen LogP contribution in [0.5, 0.6) is 5.75 Å². The Kier molecular flexibility index (Phi) is 3.18. The van der Waals surface area contributed by atoms with Gasteiger partial charge < -0.3 is 14.6 Å². The van der Waals surface area contributed by atoms with Crippen LogP contribution in [0.3, 0.4) is 0 Å². The number of carbonyl (C=O) groups is 2. The number of hydrogen-bond acceptors (Lipinski definition) is 3. The van der Waals surface area contributed by atoms with Crippen molar-refractivity contribution in [3.05, 3.63) is 71.0 Å². The van der Waals surface area contributed by atoms with Crippen molar-refractivity contribution in [2.45, 2.75) is 6.92 Å². The summed E-state index contributed by atoms with van der Waals surface area (Å²) in [7, 11) is 0. The molecule has 0 atom stereocenters. The smallest absolute Gasteiger partial charge is 0.335 e. The maximum Gasteiger partial charge on any atom is 0.335 e. The van der Waals surface area contributed by atoms with Gasteiger partial charge >= 0.3 is 5.97 Å². The number of ketones is 1. The highest BCUT2D eigenvalue weighted by atomic mass is 16.4. The van der Waals surface area contributed by atoms with E-state index in [-0.39, 0.29) is 17.1 Å². The van der Waals surface area contributed by atoms with E-state index in [1.54, 1.807) is 35.7 Å². The molecule has 3 rings (SSSR count). The summed E-state index contributed by atoms with van der Waals surface area (Å²) in [6.07, 6.45) is 1.71. The van der Waals surface area contributed by atoms with Crippen molar-refractivity contribution in [2.75, 3.05) is 0 Å². The lowest BCUT2D eigenvalue weighted by atomic mass is 10.0. The van der Waals surface area contributed by atoms with Gasteiger partial charge in [-0.2, -0.15) is 0 Å².